The largest absolute Gasteiger partial charge is 0.300 e. The van der Waals surface area contributed by atoms with Crippen molar-refractivity contribution in [2.75, 3.05) is 0 Å². The molecule has 2 atom stereocenters. The molecule has 1 fully saturated rings. The average Bonchev–Trinajstić information content (AvgIpc) is 2.49. The smallest absolute Gasteiger partial charge is 0.136 e. The number of hydrogen-bond acceptors (Lipinski definition) is 2. The van der Waals surface area contributed by atoms with Gasteiger partial charge in [-0.2, -0.15) is 0 Å². The fourth-order valence-electron chi connectivity index (χ4n) is 2.32. The quantitative estimate of drug-likeness (QED) is 0.651. The van der Waals surface area contributed by atoms with Crippen molar-refractivity contribution in [3.8, 4) is 0 Å². The zero-order valence-electron chi connectivity index (χ0n) is 9.66. The highest BCUT2D eigenvalue weighted by atomic mass is 16.1. The summed E-state index contributed by atoms with van der Waals surface area (Å²) in [5.74, 6) is 0.967. The summed E-state index contributed by atoms with van der Waals surface area (Å²) >= 11 is 0. The minimum atomic E-state index is 0.108. The summed E-state index contributed by atoms with van der Waals surface area (Å²) in [4.78, 5) is 22.7. The molecule has 84 valence electrons. The Morgan fingerprint density at radius 2 is 2.20 bits per heavy atom. The average molecular weight is 208 g/mol. The lowest BCUT2D eigenvalue weighted by Crippen LogP contribution is -2.16. The molecule has 0 amide bonds. The van der Waals surface area contributed by atoms with Crippen molar-refractivity contribution >= 4 is 11.6 Å². The first-order chi connectivity index (χ1) is 7.15. The Morgan fingerprint density at radius 3 is 2.80 bits per heavy atom. The van der Waals surface area contributed by atoms with Crippen LogP contribution in [0.4, 0.5) is 0 Å². The molecular weight excluding hydrogens is 188 g/mol. The summed E-state index contributed by atoms with van der Waals surface area (Å²) in [5.41, 5.74) is 0. The van der Waals surface area contributed by atoms with Gasteiger partial charge in [-0.15, -0.1) is 0 Å². The highest BCUT2D eigenvalue weighted by Crippen LogP contribution is 2.34. The Hall–Kier alpha value is -0.920. The van der Waals surface area contributed by atoms with E-state index in [4.69, 9.17) is 0 Å². The standard InChI is InChI=1S/C13H20O2/c1-3-4-5-6-12-11(9-10(2)14)7-8-13(12)15/h4-5,11-12H,3,6-9H2,1-2H3/b5-4-/t11-,12-/m0/s1. The number of carbonyl (C=O) groups excluding carboxylic acids is 2. The van der Waals surface area contributed by atoms with Crippen molar-refractivity contribution in [3.63, 3.8) is 0 Å². The fraction of sp³-hybridized carbons (Fsp3) is 0.692. The van der Waals surface area contributed by atoms with Crippen LogP contribution in [0.5, 0.6) is 0 Å². The second kappa shape index (κ2) is 5.84. The summed E-state index contributed by atoms with van der Waals surface area (Å²) in [6.45, 7) is 3.70. The first-order valence-corrected chi connectivity index (χ1v) is 5.82. The molecule has 1 rings (SSSR count). The first-order valence-electron chi connectivity index (χ1n) is 5.82. The van der Waals surface area contributed by atoms with Crippen molar-refractivity contribution in [1.82, 2.24) is 0 Å². The lowest BCUT2D eigenvalue weighted by molar-refractivity contribution is -0.121. The van der Waals surface area contributed by atoms with Gasteiger partial charge >= 0.3 is 0 Å². The van der Waals surface area contributed by atoms with Crippen molar-refractivity contribution in [2.45, 2.75) is 46.0 Å². The molecule has 0 bridgehead atoms. The molecule has 0 radical (unpaired) electrons. The molecule has 0 heterocycles. The molecule has 2 nitrogen and oxygen atoms in total. The van der Waals surface area contributed by atoms with Crippen molar-refractivity contribution < 1.29 is 9.59 Å². The molecule has 0 aromatic carbocycles. The van der Waals surface area contributed by atoms with Gasteiger partial charge in [-0.05, 0) is 32.1 Å². The van der Waals surface area contributed by atoms with Crippen LogP contribution in [0.2, 0.25) is 0 Å². The third kappa shape index (κ3) is 3.61. The summed E-state index contributed by atoms with van der Waals surface area (Å²) in [5, 5.41) is 0. The van der Waals surface area contributed by atoms with Crippen LogP contribution in [0.1, 0.15) is 46.0 Å². The highest BCUT2D eigenvalue weighted by molar-refractivity contribution is 5.85. The molecule has 0 spiro atoms. The molecule has 15 heavy (non-hydrogen) atoms. The van der Waals surface area contributed by atoms with E-state index in [-0.39, 0.29) is 11.7 Å². The van der Waals surface area contributed by atoms with Gasteiger partial charge in [0.25, 0.3) is 0 Å². The summed E-state index contributed by atoms with van der Waals surface area (Å²) in [6, 6.07) is 0. The number of ketones is 2. The molecule has 0 aromatic heterocycles. The molecule has 2 heteroatoms. The highest BCUT2D eigenvalue weighted by Gasteiger charge is 2.33. The molecule has 1 saturated carbocycles. The van der Waals surface area contributed by atoms with Gasteiger partial charge in [-0.3, -0.25) is 4.79 Å². The van der Waals surface area contributed by atoms with E-state index in [0.717, 1.165) is 19.3 Å². The van der Waals surface area contributed by atoms with E-state index in [2.05, 4.69) is 19.1 Å². The van der Waals surface area contributed by atoms with Gasteiger partial charge in [-0.25, -0.2) is 0 Å². The Kier molecular flexibility index (Phi) is 4.73. The lowest BCUT2D eigenvalue weighted by Gasteiger charge is -2.14. The van der Waals surface area contributed by atoms with Gasteiger partial charge in [0.2, 0.25) is 0 Å². The molecule has 0 aliphatic heterocycles. The van der Waals surface area contributed by atoms with Crippen LogP contribution in [-0.4, -0.2) is 11.6 Å². The fourth-order valence-corrected chi connectivity index (χ4v) is 2.32. The van der Waals surface area contributed by atoms with Crippen LogP contribution >= 0.6 is 0 Å². The minimum Gasteiger partial charge on any atom is -0.300 e. The van der Waals surface area contributed by atoms with E-state index in [1.165, 1.54) is 0 Å². The number of carbonyl (C=O) groups is 2. The molecular formula is C13H20O2. The van der Waals surface area contributed by atoms with E-state index < -0.39 is 0 Å². The Bertz CT molecular complexity index is 266. The van der Waals surface area contributed by atoms with Gasteiger partial charge in [0.15, 0.2) is 0 Å². The van der Waals surface area contributed by atoms with E-state index in [0.29, 0.717) is 24.5 Å². The van der Waals surface area contributed by atoms with Crippen molar-refractivity contribution in [1.29, 1.82) is 0 Å². The van der Waals surface area contributed by atoms with Gasteiger partial charge in [0, 0.05) is 18.8 Å². The first kappa shape index (κ1) is 12.2. The maximum atomic E-state index is 11.6. The van der Waals surface area contributed by atoms with Crippen molar-refractivity contribution in [2.24, 2.45) is 11.8 Å². The predicted molar refractivity (Wildman–Crippen MR) is 60.6 cm³/mol. The van der Waals surface area contributed by atoms with Gasteiger partial charge in [0.05, 0.1) is 0 Å². The Balaban J connectivity index is 2.52. The molecule has 0 saturated heterocycles. The van der Waals surface area contributed by atoms with Crippen LogP contribution < -0.4 is 0 Å². The molecule has 0 N–H and O–H groups in total. The zero-order valence-corrected chi connectivity index (χ0v) is 9.66. The summed E-state index contributed by atoms with van der Waals surface area (Å²) < 4.78 is 0. The monoisotopic (exact) mass is 208 g/mol. The Labute approximate surface area is 91.7 Å². The van der Waals surface area contributed by atoms with E-state index in [1.54, 1.807) is 6.92 Å². The Morgan fingerprint density at radius 1 is 1.47 bits per heavy atom. The van der Waals surface area contributed by atoms with Gasteiger partial charge in [0.1, 0.15) is 11.6 Å². The van der Waals surface area contributed by atoms with Crippen LogP contribution in [0.25, 0.3) is 0 Å². The van der Waals surface area contributed by atoms with Crippen molar-refractivity contribution in [3.05, 3.63) is 12.2 Å². The molecule has 0 aromatic rings. The lowest BCUT2D eigenvalue weighted by atomic mass is 9.88. The summed E-state index contributed by atoms with van der Waals surface area (Å²) in [7, 11) is 0. The zero-order chi connectivity index (χ0) is 11.3. The minimum absolute atomic E-state index is 0.108. The molecule has 0 unspecified atom stereocenters. The second-order valence-corrected chi connectivity index (χ2v) is 4.39. The number of allylic oxidation sites excluding steroid dienone is 2. The maximum Gasteiger partial charge on any atom is 0.136 e. The SMILES string of the molecule is CC/C=C\C[C@@H]1C(=O)CC[C@H]1CC(C)=O. The predicted octanol–water partition coefficient (Wildman–Crippen LogP) is 2.92. The molecule has 1 aliphatic rings. The topological polar surface area (TPSA) is 34.1 Å². The maximum absolute atomic E-state index is 11.6. The van der Waals surface area contributed by atoms with E-state index in [9.17, 15) is 9.59 Å². The van der Waals surface area contributed by atoms with Crippen LogP contribution in [0.15, 0.2) is 12.2 Å². The van der Waals surface area contributed by atoms with Crippen LogP contribution in [0, 0.1) is 11.8 Å². The summed E-state index contributed by atoms with van der Waals surface area (Å²) in [6.07, 6.45) is 8.17. The van der Waals surface area contributed by atoms with Crippen LogP contribution in [-0.2, 0) is 9.59 Å². The normalized spacial score (nSPS) is 26.4. The number of hydrogen-bond donors (Lipinski definition) is 0. The third-order valence-electron chi connectivity index (χ3n) is 3.09. The van der Waals surface area contributed by atoms with Gasteiger partial charge < -0.3 is 4.79 Å². The molecule has 1 aliphatic carbocycles. The van der Waals surface area contributed by atoms with Crippen LogP contribution in [0.3, 0.4) is 0 Å². The number of Topliss-reactive ketones (excluding diaryl/α,β-unsaturated/α-hetero) is 2. The van der Waals surface area contributed by atoms with E-state index >= 15 is 0 Å². The number of rotatable bonds is 5. The van der Waals surface area contributed by atoms with Gasteiger partial charge in [-0.1, -0.05) is 19.1 Å². The second-order valence-electron chi connectivity index (χ2n) is 4.39. The third-order valence-corrected chi connectivity index (χ3v) is 3.09. The van der Waals surface area contributed by atoms with E-state index in [1.807, 2.05) is 0 Å².